The van der Waals surface area contributed by atoms with E-state index >= 15 is 0 Å². The highest BCUT2D eigenvalue weighted by atomic mass is 16.6. The Labute approximate surface area is 169 Å². The van der Waals surface area contributed by atoms with Crippen LogP contribution >= 0.6 is 0 Å². The van der Waals surface area contributed by atoms with Crippen LogP contribution in [-0.4, -0.2) is 44.7 Å². The number of rotatable bonds is 5. The van der Waals surface area contributed by atoms with Crippen molar-refractivity contribution in [1.29, 1.82) is 0 Å². The quantitative estimate of drug-likeness (QED) is 0.839. The summed E-state index contributed by atoms with van der Waals surface area (Å²) in [5.41, 5.74) is 1.73. The summed E-state index contributed by atoms with van der Waals surface area (Å²) in [6.07, 6.45) is -0.0905. The predicted molar refractivity (Wildman–Crippen MR) is 108 cm³/mol. The number of carbonyl (C=O) groups is 2. The van der Waals surface area contributed by atoms with Gasteiger partial charge in [0.15, 0.2) is 11.5 Å². The molecule has 2 atom stereocenters. The zero-order chi connectivity index (χ0) is 20.4. The summed E-state index contributed by atoms with van der Waals surface area (Å²) in [5.74, 6) is 1.35. The summed E-state index contributed by atoms with van der Waals surface area (Å²) in [7, 11) is 1.57. The van der Waals surface area contributed by atoms with Gasteiger partial charge in [-0.15, -0.1) is 0 Å². The molecule has 2 aromatic rings. The van der Waals surface area contributed by atoms with Crippen LogP contribution in [-0.2, 0) is 9.59 Å². The van der Waals surface area contributed by atoms with E-state index in [1.54, 1.807) is 12.0 Å². The number of benzene rings is 2. The second-order valence-corrected chi connectivity index (χ2v) is 7.32. The minimum absolute atomic E-state index is 0.0831. The molecule has 1 fully saturated rings. The molecule has 7 heteroatoms. The molecule has 0 spiro atoms. The first kappa shape index (κ1) is 19.1. The highest BCUT2D eigenvalue weighted by molar-refractivity contribution is 6.01. The Morgan fingerprint density at radius 1 is 1.24 bits per heavy atom. The van der Waals surface area contributed by atoms with Crippen molar-refractivity contribution in [2.24, 2.45) is 5.92 Å². The Bertz CT molecular complexity index is 929. The number of ether oxygens (including phenoxy) is 3. The Kier molecular flexibility index (Phi) is 5.29. The van der Waals surface area contributed by atoms with Crippen molar-refractivity contribution >= 4 is 17.5 Å². The molecule has 0 aromatic heterocycles. The van der Waals surface area contributed by atoms with Gasteiger partial charge in [0.2, 0.25) is 11.8 Å². The molecule has 29 heavy (non-hydrogen) atoms. The van der Waals surface area contributed by atoms with E-state index in [1.165, 1.54) is 0 Å². The van der Waals surface area contributed by atoms with E-state index in [0.717, 1.165) is 5.56 Å². The number of para-hydroxylation sites is 2. The van der Waals surface area contributed by atoms with Crippen LogP contribution in [0.15, 0.2) is 42.5 Å². The van der Waals surface area contributed by atoms with Crippen LogP contribution in [0.4, 0.5) is 5.69 Å². The fraction of sp³-hybridized carbons (Fsp3) is 0.364. The molecule has 152 valence electrons. The number of aryl methyl sites for hydroxylation is 1. The lowest BCUT2D eigenvalue weighted by Crippen LogP contribution is -2.43. The molecule has 2 aliphatic heterocycles. The Morgan fingerprint density at radius 3 is 2.83 bits per heavy atom. The maximum absolute atomic E-state index is 12.7. The number of nitrogens with zero attached hydrogens (tertiary/aromatic N) is 1. The lowest BCUT2D eigenvalue weighted by molar-refractivity contribution is -0.126. The van der Waals surface area contributed by atoms with Crippen LogP contribution in [0, 0.1) is 12.8 Å². The highest BCUT2D eigenvalue weighted by Gasteiger charge is 2.36. The summed E-state index contributed by atoms with van der Waals surface area (Å²) < 4.78 is 16.9. The molecule has 7 nitrogen and oxygen atoms in total. The van der Waals surface area contributed by atoms with Gasteiger partial charge in [-0.1, -0.05) is 18.2 Å². The normalized spacial score (nSPS) is 20.5. The number of anilines is 1. The average molecular weight is 396 g/mol. The number of amides is 2. The van der Waals surface area contributed by atoms with Crippen LogP contribution in [0.2, 0.25) is 0 Å². The van der Waals surface area contributed by atoms with Gasteiger partial charge < -0.3 is 24.4 Å². The molecule has 0 saturated carbocycles. The molecular formula is C22H24N2O5. The van der Waals surface area contributed by atoms with Crippen molar-refractivity contribution < 1.29 is 23.8 Å². The van der Waals surface area contributed by atoms with Crippen molar-refractivity contribution in [1.82, 2.24) is 5.32 Å². The van der Waals surface area contributed by atoms with Gasteiger partial charge in [0.05, 0.1) is 25.3 Å². The summed E-state index contributed by atoms with van der Waals surface area (Å²) in [6.45, 7) is 2.98. The summed E-state index contributed by atoms with van der Waals surface area (Å²) in [4.78, 5) is 26.8. The molecule has 1 N–H and O–H groups in total. The van der Waals surface area contributed by atoms with Gasteiger partial charge in [0.1, 0.15) is 18.5 Å². The van der Waals surface area contributed by atoms with Crippen molar-refractivity contribution in [3.8, 4) is 17.2 Å². The number of hydrogen-bond acceptors (Lipinski definition) is 5. The van der Waals surface area contributed by atoms with Crippen molar-refractivity contribution in [3.05, 3.63) is 48.0 Å². The number of methoxy groups -OCH3 is 1. The number of carbonyl (C=O) groups excluding carboxylic acids is 2. The third-order valence-corrected chi connectivity index (χ3v) is 5.19. The largest absolute Gasteiger partial charge is 0.495 e. The SMILES string of the molecule is COc1ccc(C)cc1N1CC(C(=O)NCC2COc3ccccc3O2)CC1=O. The maximum atomic E-state index is 12.7. The van der Waals surface area contributed by atoms with E-state index in [9.17, 15) is 9.59 Å². The van der Waals surface area contributed by atoms with Crippen molar-refractivity contribution in [2.45, 2.75) is 19.4 Å². The first-order valence-electron chi connectivity index (χ1n) is 9.66. The summed E-state index contributed by atoms with van der Waals surface area (Å²) >= 11 is 0. The first-order valence-corrected chi connectivity index (χ1v) is 9.66. The molecule has 2 heterocycles. The van der Waals surface area contributed by atoms with Gasteiger partial charge in [-0.3, -0.25) is 9.59 Å². The van der Waals surface area contributed by atoms with Gasteiger partial charge in [-0.2, -0.15) is 0 Å². The van der Waals surface area contributed by atoms with Gasteiger partial charge in [0, 0.05) is 13.0 Å². The Hall–Kier alpha value is -3.22. The Balaban J connectivity index is 1.36. The average Bonchev–Trinajstić information content (AvgIpc) is 3.13. The van der Waals surface area contributed by atoms with Crippen LogP contribution in [0.1, 0.15) is 12.0 Å². The van der Waals surface area contributed by atoms with E-state index < -0.39 is 5.92 Å². The molecule has 0 bridgehead atoms. The van der Waals surface area contributed by atoms with Gasteiger partial charge in [0.25, 0.3) is 0 Å². The fourth-order valence-corrected chi connectivity index (χ4v) is 3.65. The van der Waals surface area contributed by atoms with Crippen molar-refractivity contribution in [3.63, 3.8) is 0 Å². The monoisotopic (exact) mass is 396 g/mol. The zero-order valence-corrected chi connectivity index (χ0v) is 16.5. The minimum Gasteiger partial charge on any atom is -0.495 e. The van der Waals surface area contributed by atoms with Gasteiger partial charge in [-0.25, -0.2) is 0 Å². The zero-order valence-electron chi connectivity index (χ0n) is 16.5. The van der Waals surface area contributed by atoms with Crippen molar-refractivity contribution in [2.75, 3.05) is 31.7 Å². The second kappa shape index (κ2) is 8.03. The number of fused-ring (bicyclic) bond motifs is 1. The molecule has 2 aliphatic rings. The van der Waals surface area contributed by atoms with Crippen LogP contribution < -0.4 is 24.4 Å². The molecule has 2 unspecified atom stereocenters. The van der Waals surface area contributed by atoms with E-state index in [4.69, 9.17) is 14.2 Å². The minimum atomic E-state index is -0.412. The van der Waals surface area contributed by atoms with Gasteiger partial charge >= 0.3 is 0 Å². The lowest BCUT2D eigenvalue weighted by Gasteiger charge is -2.27. The van der Waals surface area contributed by atoms with Gasteiger partial charge in [-0.05, 0) is 36.8 Å². The molecule has 0 aliphatic carbocycles. The predicted octanol–water partition coefficient (Wildman–Crippen LogP) is 2.31. The highest BCUT2D eigenvalue weighted by Crippen LogP contribution is 2.34. The smallest absolute Gasteiger partial charge is 0.227 e. The summed E-state index contributed by atoms with van der Waals surface area (Å²) in [5, 5.41) is 2.90. The topological polar surface area (TPSA) is 77.1 Å². The van der Waals surface area contributed by atoms with E-state index in [1.807, 2.05) is 49.4 Å². The number of nitrogens with one attached hydrogen (secondary N) is 1. The lowest BCUT2D eigenvalue weighted by atomic mass is 10.1. The fourth-order valence-electron chi connectivity index (χ4n) is 3.65. The standard InChI is InChI=1S/C22H24N2O5/c1-14-7-8-18(27-2)17(9-14)24-12-15(10-21(24)25)22(26)23-11-16-13-28-19-5-3-4-6-20(19)29-16/h3-9,15-16H,10-13H2,1-2H3,(H,23,26). The van der Waals surface area contributed by atoms with Crippen LogP contribution in [0.5, 0.6) is 17.2 Å². The van der Waals surface area contributed by atoms with E-state index in [2.05, 4.69) is 5.32 Å². The Morgan fingerprint density at radius 2 is 2.03 bits per heavy atom. The maximum Gasteiger partial charge on any atom is 0.227 e. The molecule has 0 radical (unpaired) electrons. The second-order valence-electron chi connectivity index (χ2n) is 7.32. The number of hydrogen-bond donors (Lipinski definition) is 1. The molecule has 2 aromatic carbocycles. The van der Waals surface area contributed by atoms with E-state index in [-0.39, 0.29) is 24.3 Å². The van der Waals surface area contributed by atoms with Crippen LogP contribution in [0.3, 0.4) is 0 Å². The third kappa shape index (κ3) is 3.99. The van der Waals surface area contributed by atoms with Crippen LogP contribution in [0.25, 0.3) is 0 Å². The molecule has 2 amide bonds. The van der Waals surface area contributed by atoms with E-state index in [0.29, 0.717) is 42.6 Å². The molecule has 1 saturated heterocycles. The third-order valence-electron chi connectivity index (χ3n) is 5.19. The molecule has 4 rings (SSSR count). The molecular weight excluding hydrogens is 372 g/mol. The summed E-state index contributed by atoms with van der Waals surface area (Å²) in [6, 6.07) is 13.1. The first-order chi connectivity index (χ1) is 14.0.